The minimum absolute atomic E-state index is 0.185. The van der Waals surface area contributed by atoms with E-state index in [9.17, 15) is 9.59 Å². The van der Waals surface area contributed by atoms with Gasteiger partial charge in [-0.25, -0.2) is 9.78 Å². The fourth-order valence-corrected chi connectivity index (χ4v) is 3.74. The molecule has 0 aliphatic carbocycles. The van der Waals surface area contributed by atoms with E-state index in [1.807, 2.05) is 0 Å². The molecule has 0 radical (unpaired) electrons. The first-order valence-electron chi connectivity index (χ1n) is 9.76. The topological polar surface area (TPSA) is 90.1 Å². The van der Waals surface area contributed by atoms with Gasteiger partial charge in [0.1, 0.15) is 0 Å². The Bertz CT molecular complexity index is 1110. The van der Waals surface area contributed by atoms with E-state index in [1.54, 1.807) is 18.2 Å². The third-order valence-electron chi connectivity index (χ3n) is 5.57. The summed E-state index contributed by atoms with van der Waals surface area (Å²) in [7, 11) is 0. The van der Waals surface area contributed by atoms with Crippen molar-refractivity contribution in [3.8, 4) is 0 Å². The second-order valence-corrected chi connectivity index (χ2v) is 8.02. The zero-order chi connectivity index (χ0) is 20.4. The van der Waals surface area contributed by atoms with Gasteiger partial charge in [-0.2, -0.15) is 0 Å². The van der Waals surface area contributed by atoms with E-state index in [-0.39, 0.29) is 17.1 Å². The lowest BCUT2D eigenvalue weighted by atomic mass is 9.94. The molecule has 0 saturated carbocycles. The van der Waals surface area contributed by atoms with Crippen LogP contribution in [0.5, 0.6) is 0 Å². The van der Waals surface area contributed by atoms with Crippen LogP contribution in [-0.2, 0) is 13.0 Å². The summed E-state index contributed by atoms with van der Waals surface area (Å²) in [4.78, 5) is 33.4. The molecule has 4 rings (SSSR count). The first kappa shape index (κ1) is 19.1. The van der Waals surface area contributed by atoms with Crippen molar-refractivity contribution in [3.05, 3.63) is 70.3 Å². The van der Waals surface area contributed by atoms with Crippen molar-refractivity contribution in [2.24, 2.45) is 0 Å². The molecule has 0 spiro atoms. The van der Waals surface area contributed by atoms with E-state index in [0.29, 0.717) is 23.1 Å². The number of fused-ring (bicyclic) bond motifs is 2. The molecule has 7 nitrogen and oxygen atoms in total. The monoisotopic (exact) mass is 391 g/mol. The fraction of sp³-hybridized carbons (Fsp3) is 0.318. The third-order valence-corrected chi connectivity index (χ3v) is 5.57. The van der Waals surface area contributed by atoms with Crippen molar-refractivity contribution in [2.75, 3.05) is 18.4 Å². The number of aromatic amines is 1. The van der Waals surface area contributed by atoms with E-state index in [0.717, 1.165) is 19.5 Å². The molecular weight excluding hydrogens is 366 g/mol. The van der Waals surface area contributed by atoms with E-state index in [1.165, 1.54) is 17.5 Å². The highest BCUT2D eigenvalue weighted by Crippen LogP contribution is 2.25. The lowest BCUT2D eigenvalue weighted by Crippen LogP contribution is -2.53. The van der Waals surface area contributed by atoms with Crippen molar-refractivity contribution in [2.45, 2.75) is 32.4 Å². The number of hydrogen-bond donors (Lipinski definition) is 3. The number of aromatic nitrogens is 2. The normalized spacial score (nSPS) is 14.4. The molecule has 1 aliphatic heterocycles. The number of benzene rings is 2. The first-order valence-corrected chi connectivity index (χ1v) is 9.76. The fourth-order valence-electron chi connectivity index (χ4n) is 3.74. The summed E-state index contributed by atoms with van der Waals surface area (Å²) >= 11 is 0. The molecule has 0 atom stereocenters. The van der Waals surface area contributed by atoms with Gasteiger partial charge in [0.05, 0.1) is 17.2 Å². The van der Waals surface area contributed by atoms with Crippen LogP contribution >= 0.6 is 0 Å². The van der Waals surface area contributed by atoms with Crippen molar-refractivity contribution in [1.82, 2.24) is 20.2 Å². The van der Waals surface area contributed by atoms with E-state index >= 15 is 0 Å². The number of anilines is 1. The standard InChI is InChI=1S/C22H25N5O2/c1-22(2,27-10-9-15-5-3-4-6-16(15)12-27)13-23-21(29)26-17-7-8-19-18(11-17)20(28)25-14-24-19/h3-8,11,14H,9-10,12-13H2,1-2H3,(H2,23,26,29)(H,24,25,28). The molecule has 1 aliphatic rings. The minimum atomic E-state index is -0.296. The highest BCUT2D eigenvalue weighted by Gasteiger charge is 2.30. The molecule has 29 heavy (non-hydrogen) atoms. The van der Waals surface area contributed by atoms with E-state index in [2.05, 4.69) is 63.6 Å². The average molecular weight is 391 g/mol. The molecule has 0 unspecified atom stereocenters. The van der Waals surface area contributed by atoms with Crippen LogP contribution in [0.3, 0.4) is 0 Å². The second-order valence-electron chi connectivity index (χ2n) is 8.02. The lowest BCUT2D eigenvalue weighted by Gasteiger charge is -2.41. The molecule has 0 bridgehead atoms. The molecule has 3 N–H and O–H groups in total. The van der Waals surface area contributed by atoms with Crippen LogP contribution < -0.4 is 16.2 Å². The number of urea groups is 1. The van der Waals surface area contributed by atoms with Crippen LogP contribution in [0.4, 0.5) is 10.5 Å². The molecule has 2 amide bonds. The van der Waals surface area contributed by atoms with Gasteiger partial charge in [-0.05, 0) is 49.6 Å². The van der Waals surface area contributed by atoms with Crippen LogP contribution in [0.15, 0.2) is 53.6 Å². The van der Waals surface area contributed by atoms with Gasteiger partial charge >= 0.3 is 6.03 Å². The Labute approximate surface area is 169 Å². The van der Waals surface area contributed by atoms with Crippen molar-refractivity contribution >= 4 is 22.6 Å². The van der Waals surface area contributed by atoms with E-state index in [4.69, 9.17) is 0 Å². The van der Waals surface area contributed by atoms with Gasteiger partial charge in [0.15, 0.2) is 0 Å². The largest absolute Gasteiger partial charge is 0.336 e. The summed E-state index contributed by atoms with van der Waals surface area (Å²) < 4.78 is 0. The van der Waals surface area contributed by atoms with Gasteiger partial charge in [0, 0.05) is 30.9 Å². The summed E-state index contributed by atoms with van der Waals surface area (Å²) in [5.74, 6) is 0. The minimum Gasteiger partial charge on any atom is -0.336 e. The van der Waals surface area contributed by atoms with Crippen molar-refractivity contribution in [3.63, 3.8) is 0 Å². The van der Waals surface area contributed by atoms with E-state index < -0.39 is 0 Å². The summed E-state index contributed by atoms with van der Waals surface area (Å²) in [6.07, 6.45) is 2.39. The van der Waals surface area contributed by atoms with Crippen molar-refractivity contribution in [1.29, 1.82) is 0 Å². The Morgan fingerprint density at radius 3 is 2.83 bits per heavy atom. The Hall–Kier alpha value is -3.19. The van der Waals surface area contributed by atoms with Crippen LogP contribution in [-0.4, -0.2) is 39.5 Å². The number of nitrogens with one attached hydrogen (secondary N) is 3. The van der Waals surface area contributed by atoms with Crippen LogP contribution in [0.2, 0.25) is 0 Å². The number of H-pyrrole nitrogens is 1. The number of rotatable bonds is 4. The Morgan fingerprint density at radius 1 is 1.21 bits per heavy atom. The highest BCUT2D eigenvalue weighted by atomic mass is 16.2. The second kappa shape index (κ2) is 7.67. The summed E-state index contributed by atoms with van der Waals surface area (Å²) in [6.45, 7) is 6.64. The average Bonchev–Trinajstić information content (AvgIpc) is 2.73. The predicted molar refractivity (Wildman–Crippen MR) is 114 cm³/mol. The molecule has 150 valence electrons. The highest BCUT2D eigenvalue weighted by molar-refractivity contribution is 5.92. The SMILES string of the molecule is CC(C)(CNC(=O)Nc1ccc2nc[nH]c(=O)c2c1)N1CCc2ccccc2C1. The molecule has 7 heteroatoms. The summed E-state index contributed by atoms with van der Waals surface area (Å²) in [6, 6.07) is 13.3. The van der Waals surface area contributed by atoms with Crippen LogP contribution in [0.1, 0.15) is 25.0 Å². The first-order chi connectivity index (χ1) is 13.9. The van der Waals surface area contributed by atoms with Crippen LogP contribution in [0, 0.1) is 0 Å². The number of carbonyl (C=O) groups is 1. The molecule has 1 aromatic heterocycles. The van der Waals surface area contributed by atoms with Crippen molar-refractivity contribution < 1.29 is 4.79 Å². The maximum Gasteiger partial charge on any atom is 0.319 e. The summed E-state index contributed by atoms with van der Waals surface area (Å²) in [5, 5.41) is 6.21. The molecule has 2 heterocycles. The van der Waals surface area contributed by atoms with Gasteiger partial charge in [0.2, 0.25) is 0 Å². The Balaban J connectivity index is 1.38. The number of amides is 2. The quantitative estimate of drug-likeness (QED) is 0.638. The number of hydrogen-bond acceptors (Lipinski definition) is 4. The molecule has 0 saturated heterocycles. The predicted octanol–water partition coefficient (Wildman–Crippen LogP) is 2.88. The molecular formula is C22H25N5O2. The molecule has 3 aromatic rings. The Kier molecular flexibility index (Phi) is 5.07. The smallest absolute Gasteiger partial charge is 0.319 e. The lowest BCUT2D eigenvalue weighted by molar-refractivity contribution is 0.105. The number of nitrogens with zero attached hydrogens (tertiary/aromatic N) is 2. The zero-order valence-corrected chi connectivity index (χ0v) is 16.7. The van der Waals surface area contributed by atoms with Crippen LogP contribution in [0.25, 0.3) is 10.9 Å². The maximum absolute atomic E-state index is 12.4. The Morgan fingerprint density at radius 2 is 2.00 bits per heavy atom. The van der Waals surface area contributed by atoms with Gasteiger partial charge in [-0.15, -0.1) is 0 Å². The number of carbonyl (C=O) groups excluding carboxylic acids is 1. The zero-order valence-electron chi connectivity index (χ0n) is 16.7. The van der Waals surface area contributed by atoms with Gasteiger partial charge in [-0.1, -0.05) is 24.3 Å². The molecule has 0 fully saturated rings. The maximum atomic E-state index is 12.4. The summed E-state index contributed by atoms with van der Waals surface area (Å²) in [5.41, 5.74) is 3.49. The van der Waals surface area contributed by atoms with Gasteiger partial charge in [-0.3, -0.25) is 9.69 Å². The third kappa shape index (κ3) is 4.14. The van der Waals surface area contributed by atoms with Gasteiger partial charge in [0.25, 0.3) is 5.56 Å². The van der Waals surface area contributed by atoms with Gasteiger partial charge < -0.3 is 15.6 Å². The molecule has 2 aromatic carbocycles.